The smallest absolute Gasteiger partial charge is 0.135 e. The number of hydrogen-bond acceptors (Lipinski definition) is 2. The molecule has 0 aliphatic rings. The van der Waals surface area contributed by atoms with Gasteiger partial charge in [0, 0.05) is 0 Å². The van der Waals surface area contributed by atoms with Crippen LogP contribution in [0.1, 0.15) is 25.0 Å². The van der Waals surface area contributed by atoms with Gasteiger partial charge >= 0.3 is 0 Å². The van der Waals surface area contributed by atoms with E-state index in [2.05, 4.69) is 30.8 Å². The summed E-state index contributed by atoms with van der Waals surface area (Å²) in [5, 5.41) is 4.00. The number of nitrogens with zero attached hydrogens (tertiary/aromatic N) is 1. The normalized spacial score (nSPS) is 11.2. The van der Waals surface area contributed by atoms with E-state index >= 15 is 0 Å². The molecule has 0 radical (unpaired) electrons. The van der Waals surface area contributed by atoms with Crippen molar-refractivity contribution < 1.29 is 4.84 Å². The lowest BCUT2D eigenvalue weighted by Gasteiger charge is -2.03. The molecule has 0 atom stereocenters. The van der Waals surface area contributed by atoms with Gasteiger partial charge < -0.3 is 4.84 Å². The largest absolute Gasteiger partial charge is 0.391 e. The number of benzene rings is 1. The lowest BCUT2D eigenvalue weighted by Crippen LogP contribution is -1.97. The van der Waals surface area contributed by atoms with E-state index in [-0.39, 0.29) is 0 Å². The Morgan fingerprint density at radius 2 is 2.33 bits per heavy atom. The molecule has 2 nitrogen and oxygen atoms in total. The monoisotopic (exact) mass is 203 g/mol. The molecule has 0 unspecified atom stereocenters. The second-order valence-electron chi connectivity index (χ2n) is 3.32. The third kappa shape index (κ3) is 3.58. The third-order valence-corrected chi connectivity index (χ3v) is 2.15. The molecule has 0 aliphatic heterocycles. The minimum absolute atomic E-state index is 0.449. The predicted octanol–water partition coefficient (Wildman–Crippen LogP) is 3.18. The van der Waals surface area contributed by atoms with Crippen molar-refractivity contribution in [3.8, 4) is 0 Å². The Kier molecular flexibility index (Phi) is 4.61. The van der Waals surface area contributed by atoms with Crippen LogP contribution < -0.4 is 0 Å². The predicted molar refractivity (Wildman–Crippen MR) is 64.2 cm³/mol. The average molecular weight is 203 g/mol. The van der Waals surface area contributed by atoms with E-state index in [4.69, 9.17) is 4.84 Å². The van der Waals surface area contributed by atoms with Crippen LogP contribution in [0, 0.1) is 0 Å². The summed E-state index contributed by atoms with van der Waals surface area (Å²) in [6.45, 7) is 8.09. The fraction of sp³-hybridized carbons (Fsp3) is 0.308. The van der Waals surface area contributed by atoms with E-state index in [9.17, 15) is 0 Å². The number of rotatable bonds is 5. The highest BCUT2D eigenvalue weighted by Gasteiger charge is 1.98. The van der Waals surface area contributed by atoms with Gasteiger partial charge in [-0.2, -0.15) is 0 Å². The van der Waals surface area contributed by atoms with Crippen molar-refractivity contribution >= 4 is 5.71 Å². The topological polar surface area (TPSA) is 21.6 Å². The van der Waals surface area contributed by atoms with Gasteiger partial charge in [-0.3, -0.25) is 0 Å². The molecule has 15 heavy (non-hydrogen) atoms. The summed E-state index contributed by atoms with van der Waals surface area (Å²) in [4.78, 5) is 5.04. The maximum Gasteiger partial charge on any atom is 0.135 e. The third-order valence-electron chi connectivity index (χ3n) is 2.15. The van der Waals surface area contributed by atoms with Crippen LogP contribution in [0.3, 0.4) is 0 Å². The molecule has 2 heteroatoms. The Balaban J connectivity index is 2.76. The maximum absolute atomic E-state index is 5.04. The van der Waals surface area contributed by atoms with Crippen LogP contribution in [0.5, 0.6) is 0 Å². The van der Waals surface area contributed by atoms with Gasteiger partial charge in [0.15, 0.2) is 0 Å². The van der Waals surface area contributed by atoms with E-state index in [0.29, 0.717) is 6.61 Å². The molecule has 0 amide bonds. The van der Waals surface area contributed by atoms with Gasteiger partial charge in [0.25, 0.3) is 0 Å². The van der Waals surface area contributed by atoms with Gasteiger partial charge in [0.05, 0.1) is 5.71 Å². The summed E-state index contributed by atoms with van der Waals surface area (Å²) >= 11 is 0. The zero-order valence-corrected chi connectivity index (χ0v) is 9.36. The van der Waals surface area contributed by atoms with Crippen molar-refractivity contribution in [2.24, 2.45) is 5.16 Å². The van der Waals surface area contributed by atoms with E-state index in [1.54, 1.807) is 6.08 Å². The summed E-state index contributed by atoms with van der Waals surface area (Å²) in [5.74, 6) is 0. The van der Waals surface area contributed by atoms with Gasteiger partial charge in [-0.05, 0) is 30.5 Å². The molecule has 0 saturated carbocycles. The standard InChI is InChI=1S/C13H17NO/c1-4-9-15-14-11(3)13-8-6-7-12(5-2)10-13/h4,6-8,10H,1,5,9H2,2-3H3. The summed E-state index contributed by atoms with van der Waals surface area (Å²) in [5.41, 5.74) is 3.32. The highest BCUT2D eigenvalue weighted by atomic mass is 16.6. The van der Waals surface area contributed by atoms with E-state index in [1.165, 1.54) is 5.56 Å². The second-order valence-corrected chi connectivity index (χ2v) is 3.32. The van der Waals surface area contributed by atoms with Crippen molar-refractivity contribution in [3.05, 3.63) is 48.0 Å². The lowest BCUT2D eigenvalue weighted by molar-refractivity contribution is 0.175. The first-order chi connectivity index (χ1) is 7.27. The number of aryl methyl sites for hydroxylation is 1. The van der Waals surface area contributed by atoms with Crippen molar-refractivity contribution in [2.75, 3.05) is 6.61 Å². The van der Waals surface area contributed by atoms with E-state index < -0.39 is 0 Å². The highest BCUT2D eigenvalue weighted by Crippen LogP contribution is 2.07. The Morgan fingerprint density at radius 1 is 1.53 bits per heavy atom. The Hall–Kier alpha value is -1.57. The fourth-order valence-electron chi connectivity index (χ4n) is 1.26. The van der Waals surface area contributed by atoms with Crippen LogP contribution in [0.4, 0.5) is 0 Å². The van der Waals surface area contributed by atoms with Gasteiger partial charge in [-0.15, -0.1) is 0 Å². The first-order valence-corrected chi connectivity index (χ1v) is 5.14. The van der Waals surface area contributed by atoms with Gasteiger partial charge in [-0.1, -0.05) is 42.9 Å². The van der Waals surface area contributed by atoms with E-state index in [0.717, 1.165) is 17.7 Å². The molecule has 0 aromatic heterocycles. The summed E-state index contributed by atoms with van der Waals surface area (Å²) in [6, 6.07) is 8.33. The Morgan fingerprint density at radius 3 is 3.00 bits per heavy atom. The molecule has 0 aliphatic carbocycles. The van der Waals surface area contributed by atoms with Crippen LogP contribution >= 0.6 is 0 Å². The number of oxime groups is 1. The average Bonchev–Trinajstić information content (AvgIpc) is 2.29. The molecule has 1 aromatic carbocycles. The van der Waals surface area contributed by atoms with Crippen molar-refractivity contribution in [2.45, 2.75) is 20.3 Å². The summed E-state index contributed by atoms with van der Waals surface area (Å²) in [7, 11) is 0. The van der Waals surface area contributed by atoms with Crippen molar-refractivity contribution in [3.63, 3.8) is 0 Å². The van der Waals surface area contributed by atoms with Crippen molar-refractivity contribution in [1.82, 2.24) is 0 Å². The number of hydrogen-bond donors (Lipinski definition) is 0. The zero-order valence-electron chi connectivity index (χ0n) is 9.36. The molecule has 0 N–H and O–H groups in total. The van der Waals surface area contributed by atoms with Gasteiger partial charge in [0.1, 0.15) is 6.61 Å². The Bertz CT molecular complexity index is 355. The lowest BCUT2D eigenvalue weighted by atomic mass is 10.1. The van der Waals surface area contributed by atoms with Crippen LogP contribution in [0.25, 0.3) is 0 Å². The fourth-order valence-corrected chi connectivity index (χ4v) is 1.26. The molecule has 0 spiro atoms. The van der Waals surface area contributed by atoms with E-state index in [1.807, 2.05) is 19.1 Å². The minimum atomic E-state index is 0.449. The molecule has 0 bridgehead atoms. The molecule has 0 fully saturated rings. The van der Waals surface area contributed by atoms with Crippen LogP contribution in [-0.4, -0.2) is 12.3 Å². The first-order valence-electron chi connectivity index (χ1n) is 5.14. The summed E-state index contributed by atoms with van der Waals surface area (Å²) in [6.07, 6.45) is 2.72. The molecule has 80 valence electrons. The van der Waals surface area contributed by atoms with Gasteiger partial charge in [0.2, 0.25) is 0 Å². The quantitative estimate of drug-likeness (QED) is 0.312. The molecular weight excluding hydrogens is 186 g/mol. The molecule has 0 heterocycles. The van der Waals surface area contributed by atoms with Crippen LogP contribution in [0.2, 0.25) is 0 Å². The van der Waals surface area contributed by atoms with Crippen LogP contribution in [-0.2, 0) is 11.3 Å². The summed E-state index contributed by atoms with van der Waals surface area (Å²) < 4.78 is 0. The first kappa shape index (κ1) is 11.5. The minimum Gasteiger partial charge on any atom is -0.391 e. The SMILES string of the molecule is C=CCON=C(C)c1cccc(CC)c1. The Labute approximate surface area is 91.3 Å². The molecule has 1 rings (SSSR count). The maximum atomic E-state index is 5.04. The van der Waals surface area contributed by atoms with Crippen LogP contribution in [0.15, 0.2) is 42.1 Å². The highest BCUT2D eigenvalue weighted by molar-refractivity contribution is 5.98. The zero-order chi connectivity index (χ0) is 11.1. The van der Waals surface area contributed by atoms with Gasteiger partial charge in [-0.25, -0.2) is 0 Å². The second kappa shape index (κ2) is 6.02. The molecule has 0 saturated heterocycles. The van der Waals surface area contributed by atoms with Crippen molar-refractivity contribution in [1.29, 1.82) is 0 Å². The molecular formula is C13H17NO. The molecule has 1 aromatic rings.